The molecule has 1 aromatic carbocycles. The maximum absolute atomic E-state index is 10.7. The molecule has 0 amide bonds. The molecule has 1 N–H and O–H groups in total. The summed E-state index contributed by atoms with van der Waals surface area (Å²) < 4.78 is 5.63. The van der Waals surface area contributed by atoms with E-state index < -0.39 is 5.60 Å². The van der Waals surface area contributed by atoms with E-state index in [-0.39, 0.29) is 0 Å². The Bertz CT molecular complexity index is 417. The van der Waals surface area contributed by atoms with Crippen LogP contribution in [0.4, 0.5) is 0 Å². The van der Waals surface area contributed by atoms with Gasteiger partial charge in [0.1, 0.15) is 0 Å². The maximum atomic E-state index is 10.7. The molecule has 2 atom stereocenters. The highest BCUT2D eigenvalue weighted by atomic mass is 16.5. The van der Waals surface area contributed by atoms with Crippen molar-refractivity contribution in [1.82, 2.24) is 0 Å². The van der Waals surface area contributed by atoms with Gasteiger partial charge in [0.25, 0.3) is 0 Å². The van der Waals surface area contributed by atoms with E-state index in [9.17, 15) is 5.11 Å². The van der Waals surface area contributed by atoms with Gasteiger partial charge < -0.3 is 9.84 Å². The lowest BCUT2D eigenvalue weighted by Crippen LogP contribution is -2.23. The Hall–Kier alpha value is -0.860. The van der Waals surface area contributed by atoms with E-state index in [0.717, 1.165) is 31.4 Å². The molecule has 2 rings (SSSR count). The average molecular weight is 262 g/mol. The predicted octanol–water partition coefficient (Wildman–Crippen LogP) is 3.86. The van der Waals surface area contributed by atoms with Crippen molar-refractivity contribution in [2.45, 2.75) is 64.6 Å². The molecule has 2 unspecified atom stereocenters. The van der Waals surface area contributed by atoms with Gasteiger partial charge in [-0.2, -0.15) is 0 Å². The van der Waals surface area contributed by atoms with E-state index in [0.29, 0.717) is 6.10 Å². The Morgan fingerprint density at radius 1 is 1.37 bits per heavy atom. The molecule has 1 saturated heterocycles. The van der Waals surface area contributed by atoms with Crippen LogP contribution in [-0.2, 0) is 10.3 Å². The maximum Gasteiger partial charge on any atom is 0.0871 e. The number of aliphatic hydroxyl groups is 1. The van der Waals surface area contributed by atoms with Crippen LogP contribution in [-0.4, -0.2) is 17.8 Å². The summed E-state index contributed by atoms with van der Waals surface area (Å²) in [5, 5.41) is 10.7. The molecule has 1 heterocycles. The Kier molecular flexibility index (Phi) is 4.64. The molecule has 0 aromatic heterocycles. The summed E-state index contributed by atoms with van der Waals surface area (Å²) in [6, 6.07) is 6.31. The van der Waals surface area contributed by atoms with Gasteiger partial charge in [-0.15, -0.1) is 0 Å². The lowest BCUT2D eigenvalue weighted by atomic mass is 9.86. The molecule has 19 heavy (non-hydrogen) atoms. The Labute approximate surface area is 116 Å². The lowest BCUT2D eigenvalue weighted by molar-refractivity contribution is 0.0366. The minimum Gasteiger partial charge on any atom is -0.385 e. The summed E-state index contributed by atoms with van der Waals surface area (Å²) in [4.78, 5) is 0. The van der Waals surface area contributed by atoms with Gasteiger partial charge in [0.15, 0.2) is 0 Å². The van der Waals surface area contributed by atoms with Crippen LogP contribution in [0.25, 0.3) is 0 Å². The fourth-order valence-corrected chi connectivity index (χ4v) is 3.00. The number of hydrogen-bond donors (Lipinski definition) is 1. The zero-order valence-corrected chi connectivity index (χ0v) is 12.4. The smallest absolute Gasteiger partial charge is 0.0871 e. The third-order valence-electron chi connectivity index (χ3n) is 4.19. The number of ether oxygens (including phenoxy) is 1. The highest BCUT2D eigenvalue weighted by Gasteiger charge is 2.25. The first-order valence-electron chi connectivity index (χ1n) is 7.41. The van der Waals surface area contributed by atoms with Gasteiger partial charge in [-0.3, -0.25) is 0 Å². The van der Waals surface area contributed by atoms with Crippen LogP contribution < -0.4 is 0 Å². The zero-order chi connectivity index (χ0) is 13.9. The molecule has 0 aliphatic carbocycles. The number of benzene rings is 1. The third kappa shape index (κ3) is 3.80. The second kappa shape index (κ2) is 6.06. The fourth-order valence-electron chi connectivity index (χ4n) is 3.00. The van der Waals surface area contributed by atoms with Gasteiger partial charge >= 0.3 is 0 Å². The number of rotatable bonds is 5. The van der Waals surface area contributed by atoms with Gasteiger partial charge in [-0.25, -0.2) is 0 Å². The standard InChI is InChI=1S/C17H26O2/c1-13-8-9-14(2)16(12-13)17(3,18)10-4-6-15-7-5-11-19-15/h8-9,12,15,18H,4-7,10-11H2,1-3H3. The van der Waals surface area contributed by atoms with Gasteiger partial charge in [-0.05, 0) is 64.0 Å². The topological polar surface area (TPSA) is 29.5 Å². The Morgan fingerprint density at radius 2 is 2.16 bits per heavy atom. The van der Waals surface area contributed by atoms with Crippen LogP contribution in [0.1, 0.15) is 55.7 Å². The molecule has 0 bridgehead atoms. The third-order valence-corrected chi connectivity index (χ3v) is 4.19. The second-order valence-corrected chi connectivity index (χ2v) is 6.12. The summed E-state index contributed by atoms with van der Waals surface area (Å²) in [7, 11) is 0. The van der Waals surface area contributed by atoms with E-state index in [1.807, 2.05) is 6.92 Å². The summed E-state index contributed by atoms with van der Waals surface area (Å²) in [5.74, 6) is 0. The molecule has 106 valence electrons. The SMILES string of the molecule is Cc1ccc(C)c(C(C)(O)CCCC2CCCO2)c1. The second-order valence-electron chi connectivity index (χ2n) is 6.12. The molecule has 0 spiro atoms. The highest BCUT2D eigenvalue weighted by molar-refractivity contribution is 5.34. The monoisotopic (exact) mass is 262 g/mol. The van der Waals surface area contributed by atoms with Crippen LogP contribution in [0.15, 0.2) is 18.2 Å². The predicted molar refractivity (Wildman–Crippen MR) is 78.3 cm³/mol. The van der Waals surface area contributed by atoms with Crippen LogP contribution in [0.2, 0.25) is 0 Å². The molecule has 2 nitrogen and oxygen atoms in total. The van der Waals surface area contributed by atoms with Crippen molar-refractivity contribution < 1.29 is 9.84 Å². The first-order chi connectivity index (χ1) is 8.99. The van der Waals surface area contributed by atoms with Crippen molar-refractivity contribution in [2.24, 2.45) is 0 Å². The van der Waals surface area contributed by atoms with Crippen LogP contribution >= 0.6 is 0 Å². The molecule has 0 radical (unpaired) electrons. The lowest BCUT2D eigenvalue weighted by Gasteiger charge is -2.26. The van der Waals surface area contributed by atoms with Crippen molar-refractivity contribution in [3.05, 3.63) is 34.9 Å². The van der Waals surface area contributed by atoms with Crippen molar-refractivity contribution in [3.8, 4) is 0 Å². The van der Waals surface area contributed by atoms with Crippen molar-refractivity contribution >= 4 is 0 Å². The first-order valence-corrected chi connectivity index (χ1v) is 7.41. The molecule has 1 aliphatic rings. The first kappa shape index (κ1) is 14.5. The molecular weight excluding hydrogens is 236 g/mol. The Balaban J connectivity index is 1.94. The van der Waals surface area contributed by atoms with Gasteiger partial charge in [0.05, 0.1) is 11.7 Å². The van der Waals surface area contributed by atoms with E-state index in [1.54, 1.807) is 0 Å². The highest BCUT2D eigenvalue weighted by Crippen LogP contribution is 2.31. The quantitative estimate of drug-likeness (QED) is 0.873. The van der Waals surface area contributed by atoms with E-state index in [1.165, 1.54) is 24.0 Å². The number of hydrogen-bond acceptors (Lipinski definition) is 2. The van der Waals surface area contributed by atoms with Gasteiger partial charge in [0, 0.05) is 6.61 Å². The Morgan fingerprint density at radius 3 is 2.84 bits per heavy atom. The van der Waals surface area contributed by atoms with E-state index >= 15 is 0 Å². The molecule has 1 aromatic rings. The van der Waals surface area contributed by atoms with Crippen LogP contribution in [0.3, 0.4) is 0 Å². The fraction of sp³-hybridized carbons (Fsp3) is 0.647. The average Bonchev–Trinajstić information content (AvgIpc) is 2.85. The summed E-state index contributed by atoms with van der Waals surface area (Å²) >= 11 is 0. The number of aryl methyl sites for hydroxylation is 2. The van der Waals surface area contributed by atoms with Crippen LogP contribution in [0.5, 0.6) is 0 Å². The zero-order valence-electron chi connectivity index (χ0n) is 12.4. The van der Waals surface area contributed by atoms with Crippen molar-refractivity contribution in [1.29, 1.82) is 0 Å². The largest absolute Gasteiger partial charge is 0.385 e. The van der Waals surface area contributed by atoms with Crippen molar-refractivity contribution in [2.75, 3.05) is 6.61 Å². The minimum atomic E-state index is -0.727. The van der Waals surface area contributed by atoms with Gasteiger partial charge in [-0.1, -0.05) is 23.8 Å². The normalized spacial score (nSPS) is 22.4. The van der Waals surface area contributed by atoms with Gasteiger partial charge in [0.2, 0.25) is 0 Å². The summed E-state index contributed by atoms with van der Waals surface area (Å²) in [6.07, 6.45) is 5.70. The molecule has 2 heteroatoms. The van der Waals surface area contributed by atoms with Crippen LogP contribution in [0, 0.1) is 13.8 Å². The molecular formula is C17H26O2. The minimum absolute atomic E-state index is 0.425. The van der Waals surface area contributed by atoms with Crippen molar-refractivity contribution in [3.63, 3.8) is 0 Å². The molecule has 0 saturated carbocycles. The molecule has 1 aliphatic heterocycles. The summed E-state index contributed by atoms with van der Waals surface area (Å²) in [6.45, 7) is 7.00. The van der Waals surface area contributed by atoms with E-state index in [4.69, 9.17) is 4.74 Å². The van der Waals surface area contributed by atoms with E-state index in [2.05, 4.69) is 32.0 Å². The molecule has 1 fully saturated rings. The summed E-state index contributed by atoms with van der Waals surface area (Å²) in [5.41, 5.74) is 2.72.